The smallest absolute Gasteiger partial charge is 0.272 e. The monoisotopic (exact) mass is 261 g/mol. The normalized spacial score (nSPS) is 11.9. The number of H-pyrrole nitrogens is 1. The molecular weight excluding hydrogens is 246 g/mol. The summed E-state index contributed by atoms with van der Waals surface area (Å²) in [5.74, 6) is 0.410. The number of anilines is 1. The minimum absolute atomic E-state index is 0.122. The standard InChI is InChI=1S/C11H15N7O/c1-7(10-14-16-17-15-10)13-8-4-5-12-9(6-8)11(19)18(2)3/h4-7H,1-3H3,(H,12,13)(H,14,15,16,17). The second-order valence-corrected chi connectivity index (χ2v) is 4.27. The largest absolute Gasteiger partial charge is 0.375 e. The first kappa shape index (κ1) is 12.9. The summed E-state index contributed by atoms with van der Waals surface area (Å²) in [6, 6.07) is 3.35. The van der Waals surface area contributed by atoms with Crippen LogP contribution in [0.4, 0.5) is 5.69 Å². The van der Waals surface area contributed by atoms with Crippen LogP contribution >= 0.6 is 0 Å². The molecule has 19 heavy (non-hydrogen) atoms. The van der Waals surface area contributed by atoms with E-state index in [9.17, 15) is 4.79 Å². The molecular formula is C11H15N7O. The number of nitrogens with zero attached hydrogens (tertiary/aromatic N) is 5. The number of rotatable bonds is 4. The summed E-state index contributed by atoms with van der Waals surface area (Å²) in [4.78, 5) is 17.3. The van der Waals surface area contributed by atoms with Gasteiger partial charge in [0.05, 0.1) is 6.04 Å². The molecule has 1 unspecified atom stereocenters. The molecule has 0 bridgehead atoms. The zero-order valence-electron chi connectivity index (χ0n) is 11.0. The van der Waals surface area contributed by atoms with E-state index in [-0.39, 0.29) is 11.9 Å². The van der Waals surface area contributed by atoms with Crippen LogP contribution in [-0.2, 0) is 0 Å². The Morgan fingerprint density at radius 3 is 2.89 bits per heavy atom. The molecule has 2 rings (SSSR count). The molecule has 0 aliphatic rings. The van der Waals surface area contributed by atoms with E-state index in [2.05, 4.69) is 30.9 Å². The summed E-state index contributed by atoms with van der Waals surface area (Å²) in [6.45, 7) is 1.90. The minimum atomic E-state index is -0.143. The maximum Gasteiger partial charge on any atom is 0.272 e. The number of carbonyl (C=O) groups excluding carboxylic acids is 1. The van der Waals surface area contributed by atoms with E-state index in [1.165, 1.54) is 4.90 Å². The number of carbonyl (C=O) groups is 1. The lowest BCUT2D eigenvalue weighted by molar-refractivity contribution is 0.0822. The number of hydrogen-bond acceptors (Lipinski definition) is 6. The van der Waals surface area contributed by atoms with Gasteiger partial charge in [-0.15, -0.1) is 10.2 Å². The molecule has 8 nitrogen and oxygen atoms in total. The Balaban J connectivity index is 2.13. The van der Waals surface area contributed by atoms with Crippen LogP contribution in [0.25, 0.3) is 0 Å². The van der Waals surface area contributed by atoms with Crippen LogP contribution in [0.2, 0.25) is 0 Å². The van der Waals surface area contributed by atoms with Crippen molar-refractivity contribution in [3.63, 3.8) is 0 Å². The molecule has 0 aliphatic carbocycles. The van der Waals surface area contributed by atoms with Crippen LogP contribution < -0.4 is 5.32 Å². The zero-order valence-corrected chi connectivity index (χ0v) is 11.0. The molecule has 2 heterocycles. The van der Waals surface area contributed by atoms with Crippen molar-refractivity contribution in [2.75, 3.05) is 19.4 Å². The van der Waals surface area contributed by atoms with E-state index in [4.69, 9.17) is 0 Å². The molecule has 0 spiro atoms. The van der Waals surface area contributed by atoms with Gasteiger partial charge in [0.1, 0.15) is 5.69 Å². The number of pyridine rings is 1. The average molecular weight is 261 g/mol. The third-order valence-electron chi connectivity index (χ3n) is 2.52. The van der Waals surface area contributed by atoms with Crippen LogP contribution in [0.3, 0.4) is 0 Å². The second-order valence-electron chi connectivity index (χ2n) is 4.27. The van der Waals surface area contributed by atoms with Crippen molar-refractivity contribution in [2.24, 2.45) is 0 Å². The van der Waals surface area contributed by atoms with Crippen LogP contribution in [0.15, 0.2) is 18.3 Å². The van der Waals surface area contributed by atoms with Crippen molar-refractivity contribution in [3.8, 4) is 0 Å². The molecule has 2 N–H and O–H groups in total. The molecule has 0 aliphatic heterocycles. The summed E-state index contributed by atoms with van der Waals surface area (Å²) < 4.78 is 0. The van der Waals surface area contributed by atoms with Gasteiger partial charge >= 0.3 is 0 Å². The van der Waals surface area contributed by atoms with Gasteiger partial charge in [-0.05, 0) is 19.1 Å². The van der Waals surface area contributed by atoms with Crippen LogP contribution in [0.5, 0.6) is 0 Å². The van der Waals surface area contributed by atoms with Crippen molar-refractivity contribution in [1.82, 2.24) is 30.5 Å². The SMILES string of the molecule is CC(Nc1ccnc(C(=O)N(C)C)c1)c1nn[nH]n1. The highest BCUT2D eigenvalue weighted by Gasteiger charge is 2.13. The van der Waals surface area contributed by atoms with Gasteiger partial charge in [-0.2, -0.15) is 5.21 Å². The Morgan fingerprint density at radius 1 is 1.47 bits per heavy atom. The van der Waals surface area contributed by atoms with Crippen molar-refractivity contribution in [1.29, 1.82) is 0 Å². The summed E-state index contributed by atoms with van der Waals surface area (Å²) in [7, 11) is 3.37. The number of aromatic nitrogens is 5. The van der Waals surface area contributed by atoms with Gasteiger partial charge < -0.3 is 10.2 Å². The Labute approximate surface area is 110 Å². The molecule has 2 aromatic heterocycles. The third-order valence-corrected chi connectivity index (χ3v) is 2.52. The van der Waals surface area contributed by atoms with Crippen molar-refractivity contribution < 1.29 is 4.79 Å². The quantitative estimate of drug-likeness (QED) is 0.829. The van der Waals surface area contributed by atoms with Gasteiger partial charge in [-0.1, -0.05) is 5.21 Å². The number of hydrogen-bond donors (Lipinski definition) is 2. The van der Waals surface area contributed by atoms with Gasteiger partial charge in [0, 0.05) is 26.0 Å². The molecule has 2 aromatic rings. The van der Waals surface area contributed by atoms with Gasteiger partial charge in [0.25, 0.3) is 5.91 Å². The highest BCUT2D eigenvalue weighted by molar-refractivity contribution is 5.92. The highest BCUT2D eigenvalue weighted by atomic mass is 16.2. The fraction of sp³-hybridized carbons (Fsp3) is 0.364. The van der Waals surface area contributed by atoms with E-state index < -0.39 is 0 Å². The number of aromatic amines is 1. The summed E-state index contributed by atoms with van der Waals surface area (Å²) in [5, 5.41) is 16.9. The Bertz CT molecular complexity index is 552. The molecule has 0 saturated carbocycles. The predicted octanol–water partition coefficient (Wildman–Crippen LogP) is 0.470. The minimum Gasteiger partial charge on any atom is -0.375 e. The highest BCUT2D eigenvalue weighted by Crippen LogP contribution is 2.16. The summed E-state index contributed by atoms with van der Waals surface area (Å²) in [6.07, 6.45) is 1.59. The first-order valence-corrected chi connectivity index (χ1v) is 5.75. The lowest BCUT2D eigenvalue weighted by atomic mass is 10.2. The molecule has 0 aromatic carbocycles. The van der Waals surface area contributed by atoms with Gasteiger partial charge in [-0.3, -0.25) is 9.78 Å². The van der Waals surface area contributed by atoms with E-state index in [0.717, 1.165) is 5.69 Å². The first-order chi connectivity index (χ1) is 9.08. The second kappa shape index (κ2) is 5.42. The third kappa shape index (κ3) is 3.03. The average Bonchev–Trinajstić information content (AvgIpc) is 2.92. The van der Waals surface area contributed by atoms with Crippen LogP contribution in [0, 0.1) is 0 Å². The topological polar surface area (TPSA) is 99.7 Å². The first-order valence-electron chi connectivity index (χ1n) is 5.75. The summed E-state index contributed by atoms with van der Waals surface area (Å²) in [5.41, 5.74) is 1.16. The number of amides is 1. The van der Waals surface area contributed by atoms with Crippen LogP contribution in [0.1, 0.15) is 29.3 Å². The number of nitrogens with one attached hydrogen (secondary N) is 2. The lowest BCUT2D eigenvalue weighted by Crippen LogP contribution is -2.22. The van der Waals surface area contributed by atoms with Crippen molar-refractivity contribution in [3.05, 3.63) is 29.8 Å². The predicted molar refractivity (Wildman–Crippen MR) is 68.5 cm³/mol. The number of tetrazole rings is 1. The molecule has 0 fully saturated rings. The van der Waals surface area contributed by atoms with E-state index in [0.29, 0.717) is 11.5 Å². The molecule has 1 amide bonds. The van der Waals surface area contributed by atoms with Crippen molar-refractivity contribution >= 4 is 11.6 Å². The van der Waals surface area contributed by atoms with E-state index in [1.54, 1.807) is 32.4 Å². The summed E-state index contributed by atoms with van der Waals surface area (Å²) >= 11 is 0. The Hall–Kier alpha value is -2.51. The Morgan fingerprint density at radius 2 is 2.26 bits per heavy atom. The van der Waals surface area contributed by atoms with Gasteiger partial charge in [0.2, 0.25) is 0 Å². The van der Waals surface area contributed by atoms with Crippen molar-refractivity contribution in [2.45, 2.75) is 13.0 Å². The van der Waals surface area contributed by atoms with Crippen LogP contribution in [-0.4, -0.2) is 50.5 Å². The maximum absolute atomic E-state index is 11.8. The molecule has 0 radical (unpaired) electrons. The molecule has 0 saturated heterocycles. The zero-order chi connectivity index (χ0) is 13.8. The molecule has 1 atom stereocenters. The fourth-order valence-electron chi connectivity index (χ4n) is 1.53. The molecule has 100 valence electrons. The van der Waals surface area contributed by atoms with Gasteiger partial charge in [0.15, 0.2) is 5.82 Å². The van der Waals surface area contributed by atoms with E-state index >= 15 is 0 Å². The Kier molecular flexibility index (Phi) is 3.69. The molecule has 8 heteroatoms. The maximum atomic E-state index is 11.8. The lowest BCUT2D eigenvalue weighted by Gasteiger charge is -2.13. The fourth-order valence-corrected chi connectivity index (χ4v) is 1.53. The van der Waals surface area contributed by atoms with Gasteiger partial charge in [-0.25, -0.2) is 0 Å². The van der Waals surface area contributed by atoms with E-state index in [1.807, 2.05) is 6.92 Å².